The Bertz CT molecular complexity index is 365. The minimum Gasteiger partial charge on any atom is -0.394 e. The highest BCUT2D eigenvalue weighted by molar-refractivity contribution is 7.09. The third kappa shape index (κ3) is 2.78. The molecule has 5 nitrogen and oxygen atoms in total. The smallest absolute Gasteiger partial charge is 0.273 e. The second-order valence-electron chi connectivity index (χ2n) is 3.81. The third-order valence-electron chi connectivity index (χ3n) is 2.38. The molecule has 0 aromatic carbocycles. The summed E-state index contributed by atoms with van der Waals surface area (Å²) in [4.78, 5) is 17.5. The van der Waals surface area contributed by atoms with Gasteiger partial charge in [0.15, 0.2) is 0 Å². The van der Waals surface area contributed by atoms with Crippen LogP contribution >= 0.6 is 11.3 Å². The highest BCUT2D eigenvalue weighted by atomic mass is 32.1. The zero-order valence-corrected chi connectivity index (χ0v) is 10.5. The van der Waals surface area contributed by atoms with E-state index < -0.39 is 0 Å². The average Bonchev–Trinajstić information content (AvgIpc) is 2.75. The first-order valence-electron chi connectivity index (χ1n) is 5.06. The number of carbonyl (C=O) groups excluding carboxylic acids is 1. The topological polar surface area (TPSA) is 79.5 Å². The van der Waals surface area contributed by atoms with Gasteiger partial charge in [-0.3, -0.25) is 4.79 Å². The van der Waals surface area contributed by atoms with E-state index in [-0.39, 0.29) is 24.6 Å². The largest absolute Gasteiger partial charge is 0.394 e. The summed E-state index contributed by atoms with van der Waals surface area (Å²) in [7, 11) is 1.65. The zero-order chi connectivity index (χ0) is 12.3. The van der Waals surface area contributed by atoms with Crippen LogP contribution in [0.25, 0.3) is 0 Å². The maximum Gasteiger partial charge on any atom is 0.273 e. The van der Waals surface area contributed by atoms with E-state index >= 15 is 0 Å². The number of thiazole rings is 1. The molecule has 0 spiro atoms. The van der Waals surface area contributed by atoms with Gasteiger partial charge in [0.05, 0.1) is 18.7 Å². The van der Waals surface area contributed by atoms with Gasteiger partial charge in [0.25, 0.3) is 5.91 Å². The second-order valence-corrected chi connectivity index (χ2v) is 4.70. The third-order valence-corrected chi connectivity index (χ3v) is 3.42. The molecule has 3 N–H and O–H groups in total. The van der Waals surface area contributed by atoms with Gasteiger partial charge in [0, 0.05) is 12.4 Å². The monoisotopic (exact) mass is 243 g/mol. The molecule has 0 radical (unpaired) electrons. The minimum absolute atomic E-state index is 0.0630. The molecule has 1 aromatic heterocycles. The summed E-state index contributed by atoms with van der Waals surface area (Å²) in [5, 5.41) is 11.4. The maximum absolute atomic E-state index is 11.9. The van der Waals surface area contributed by atoms with Gasteiger partial charge >= 0.3 is 0 Å². The van der Waals surface area contributed by atoms with Gasteiger partial charge in [-0.1, -0.05) is 0 Å². The molecular weight excluding hydrogens is 226 g/mol. The van der Waals surface area contributed by atoms with Gasteiger partial charge in [-0.2, -0.15) is 0 Å². The lowest BCUT2D eigenvalue weighted by atomic mass is 10.3. The van der Waals surface area contributed by atoms with Crippen LogP contribution in [0.15, 0.2) is 5.38 Å². The van der Waals surface area contributed by atoms with E-state index in [1.807, 2.05) is 6.92 Å². The number of nitrogens with two attached hydrogens (primary N) is 1. The number of carbonyl (C=O) groups is 1. The lowest BCUT2D eigenvalue weighted by molar-refractivity contribution is 0.0677. The number of aliphatic hydroxyl groups is 1. The molecule has 0 aliphatic rings. The van der Waals surface area contributed by atoms with Gasteiger partial charge in [-0.15, -0.1) is 11.3 Å². The maximum atomic E-state index is 11.9. The van der Waals surface area contributed by atoms with Crippen LogP contribution in [0, 0.1) is 0 Å². The summed E-state index contributed by atoms with van der Waals surface area (Å²) in [5.74, 6) is -0.190. The number of rotatable bonds is 4. The Morgan fingerprint density at radius 1 is 1.69 bits per heavy atom. The summed E-state index contributed by atoms with van der Waals surface area (Å²) in [6.45, 7) is 3.54. The van der Waals surface area contributed by atoms with Crippen molar-refractivity contribution in [2.24, 2.45) is 5.73 Å². The summed E-state index contributed by atoms with van der Waals surface area (Å²) in [6, 6.07) is -0.375. The van der Waals surface area contributed by atoms with Gasteiger partial charge in [-0.05, 0) is 13.8 Å². The van der Waals surface area contributed by atoms with Gasteiger partial charge in [0.1, 0.15) is 10.7 Å². The summed E-state index contributed by atoms with van der Waals surface area (Å²) in [5.41, 5.74) is 6.06. The number of likely N-dealkylation sites (N-methyl/N-ethyl adjacent to an activating group) is 1. The van der Waals surface area contributed by atoms with E-state index in [4.69, 9.17) is 10.8 Å². The van der Waals surface area contributed by atoms with Gasteiger partial charge < -0.3 is 15.7 Å². The van der Waals surface area contributed by atoms with E-state index in [2.05, 4.69) is 4.98 Å². The molecule has 90 valence electrons. The van der Waals surface area contributed by atoms with Crippen LogP contribution in [0.4, 0.5) is 0 Å². The molecule has 1 heterocycles. The van der Waals surface area contributed by atoms with Crippen LogP contribution in [-0.4, -0.2) is 40.6 Å². The molecule has 6 heteroatoms. The van der Waals surface area contributed by atoms with Crippen LogP contribution in [0.2, 0.25) is 0 Å². The Kier molecular flexibility index (Phi) is 4.40. The van der Waals surface area contributed by atoms with Gasteiger partial charge in [0.2, 0.25) is 0 Å². The number of aromatic nitrogens is 1. The van der Waals surface area contributed by atoms with Crippen molar-refractivity contribution in [2.45, 2.75) is 25.9 Å². The Morgan fingerprint density at radius 2 is 2.31 bits per heavy atom. The average molecular weight is 243 g/mol. The lowest BCUT2D eigenvalue weighted by Gasteiger charge is -2.21. The molecule has 1 amide bonds. The predicted octanol–water partition coefficient (Wildman–Crippen LogP) is 0.616. The SMILES string of the molecule is CC(N)c1nc(C(=O)N(C)C(C)CO)cs1. The molecule has 0 fully saturated rings. The van der Waals surface area contributed by atoms with Crippen LogP contribution in [0.3, 0.4) is 0 Å². The fraction of sp³-hybridized carbons (Fsp3) is 0.600. The van der Waals surface area contributed by atoms with Crippen LogP contribution in [0.1, 0.15) is 35.4 Å². The number of nitrogens with zero attached hydrogens (tertiary/aromatic N) is 2. The number of aliphatic hydroxyl groups excluding tert-OH is 1. The first-order valence-corrected chi connectivity index (χ1v) is 5.94. The molecular formula is C10H17N3O2S. The van der Waals surface area contributed by atoms with E-state index in [1.54, 1.807) is 19.4 Å². The van der Waals surface area contributed by atoms with Crippen molar-refractivity contribution in [1.82, 2.24) is 9.88 Å². The molecule has 1 aromatic rings. The predicted molar refractivity (Wildman–Crippen MR) is 63.4 cm³/mol. The highest BCUT2D eigenvalue weighted by Gasteiger charge is 2.19. The molecule has 2 atom stereocenters. The normalized spacial score (nSPS) is 14.6. The van der Waals surface area contributed by atoms with Crippen molar-refractivity contribution in [3.8, 4) is 0 Å². The summed E-state index contributed by atoms with van der Waals surface area (Å²) < 4.78 is 0. The fourth-order valence-electron chi connectivity index (χ4n) is 1.10. The molecule has 0 aliphatic heterocycles. The van der Waals surface area contributed by atoms with Gasteiger partial charge in [-0.25, -0.2) is 4.98 Å². The van der Waals surface area contributed by atoms with Crippen LogP contribution in [-0.2, 0) is 0 Å². The van der Waals surface area contributed by atoms with Crippen molar-refractivity contribution in [3.05, 3.63) is 16.1 Å². The molecule has 0 bridgehead atoms. The first kappa shape index (κ1) is 13.1. The Morgan fingerprint density at radius 3 is 2.75 bits per heavy atom. The molecule has 2 unspecified atom stereocenters. The van der Waals surface area contributed by atoms with Crippen molar-refractivity contribution in [2.75, 3.05) is 13.7 Å². The van der Waals surface area contributed by atoms with Crippen molar-refractivity contribution in [3.63, 3.8) is 0 Å². The van der Waals surface area contributed by atoms with Crippen LogP contribution < -0.4 is 5.73 Å². The minimum atomic E-state index is -0.215. The lowest BCUT2D eigenvalue weighted by Crippen LogP contribution is -2.37. The summed E-state index contributed by atoms with van der Waals surface area (Å²) in [6.07, 6.45) is 0. The van der Waals surface area contributed by atoms with Crippen LogP contribution in [0.5, 0.6) is 0 Å². The fourth-order valence-corrected chi connectivity index (χ4v) is 1.85. The molecule has 16 heavy (non-hydrogen) atoms. The molecule has 0 saturated carbocycles. The Balaban J connectivity index is 2.80. The summed E-state index contributed by atoms with van der Waals surface area (Å²) >= 11 is 1.38. The van der Waals surface area contributed by atoms with E-state index in [1.165, 1.54) is 16.2 Å². The Labute approximate surface area is 98.9 Å². The van der Waals surface area contributed by atoms with Crippen molar-refractivity contribution in [1.29, 1.82) is 0 Å². The standard InChI is InChI=1S/C10H17N3O2S/c1-6(4-14)13(3)10(15)8-5-16-9(12-8)7(2)11/h5-7,14H,4,11H2,1-3H3. The number of hydrogen-bond acceptors (Lipinski definition) is 5. The number of amides is 1. The van der Waals surface area contributed by atoms with E-state index in [0.29, 0.717) is 5.69 Å². The number of hydrogen-bond donors (Lipinski definition) is 2. The van der Waals surface area contributed by atoms with E-state index in [0.717, 1.165) is 5.01 Å². The van der Waals surface area contributed by atoms with Crippen molar-refractivity contribution < 1.29 is 9.90 Å². The quantitative estimate of drug-likeness (QED) is 0.812. The molecule has 1 rings (SSSR count). The van der Waals surface area contributed by atoms with Crippen molar-refractivity contribution >= 4 is 17.2 Å². The Hall–Kier alpha value is -0.980. The zero-order valence-electron chi connectivity index (χ0n) is 9.67. The molecule has 0 saturated heterocycles. The second kappa shape index (κ2) is 5.38. The molecule has 0 aliphatic carbocycles. The van der Waals surface area contributed by atoms with E-state index in [9.17, 15) is 4.79 Å². The highest BCUT2D eigenvalue weighted by Crippen LogP contribution is 2.17. The first-order chi connectivity index (χ1) is 7.47.